The predicted molar refractivity (Wildman–Crippen MR) is 89.2 cm³/mol. The fourth-order valence-corrected chi connectivity index (χ4v) is 2.39. The van der Waals surface area contributed by atoms with Crippen molar-refractivity contribution in [1.29, 1.82) is 0 Å². The van der Waals surface area contributed by atoms with Crippen molar-refractivity contribution in [3.05, 3.63) is 58.6 Å². The van der Waals surface area contributed by atoms with Crippen molar-refractivity contribution in [3.8, 4) is 34.0 Å². The maximum atomic E-state index is 10.7. The lowest BCUT2D eigenvalue weighted by molar-refractivity contribution is -0.384. The minimum absolute atomic E-state index is 0.0453. The second-order valence-electron chi connectivity index (χ2n) is 5.04. The number of rotatable bonds is 5. The monoisotopic (exact) mass is 325 g/mol. The maximum Gasteiger partial charge on any atom is 0.269 e. The highest BCUT2D eigenvalue weighted by atomic mass is 16.6. The fraction of sp³-hybridized carbons (Fsp3) is 0.118. The number of non-ortho nitro benzene ring substituents is 1. The van der Waals surface area contributed by atoms with Gasteiger partial charge in [-0.1, -0.05) is 0 Å². The first kappa shape index (κ1) is 15.5. The van der Waals surface area contributed by atoms with E-state index in [4.69, 9.17) is 9.47 Å². The van der Waals surface area contributed by atoms with Gasteiger partial charge in [-0.3, -0.25) is 15.2 Å². The number of hydrogen-bond donors (Lipinski definition) is 1. The molecule has 1 heterocycles. The molecule has 1 aromatic heterocycles. The van der Waals surface area contributed by atoms with Gasteiger partial charge in [-0.25, -0.2) is 0 Å². The summed E-state index contributed by atoms with van der Waals surface area (Å²) in [7, 11) is 3.19. The number of aromatic amines is 1. The van der Waals surface area contributed by atoms with Crippen molar-refractivity contribution < 1.29 is 14.4 Å². The molecule has 0 aliphatic heterocycles. The fourth-order valence-electron chi connectivity index (χ4n) is 2.39. The molecule has 0 amide bonds. The molecule has 2 aromatic carbocycles. The first-order valence-corrected chi connectivity index (χ1v) is 7.15. The molecule has 0 saturated heterocycles. The number of nitro groups is 1. The number of nitrogens with zero attached hydrogens (tertiary/aromatic N) is 2. The molecule has 0 saturated carbocycles. The van der Waals surface area contributed by atoms with Gasteiger partial charge in [-0.05, 0) is 36.4 Å². The Labute approximate surface area is 138 Å². The van der Waals surface area contributed by atoms with Gasteiger partial charge in [0.05, 0.1) is 30.5 Å². The minimum atomic E-state index is -0.430. The molecular weight excluding hydrogens is 310 g/mol. The van der Waals surface area contributed by atoms with E-state index in [2.05, 4.69) is 10.2 Å². The Morgan fingerprint density at radius 2 is 1.79 bits per heavy atom. The van der Waals surface area contributed by atoms with Crippen molar-refractivity contribution in [2.45, 2.75) is 0 Å². The van der Waals surface area contributed by atoms with Crippen LogP contribution in [-0.4, -0.2) is 29.3 Å². The number of methoxy groups -OCH3 is 2. The van der Waals surface area contributed by atoms with Gasteiger partial charge in [0.25, 0.3) is 5.69 Å². The zero-order valence-electron chi connectivity index (χ0n) is 13.1. The first-order valence-electron chi connectivity index (χ1n) is 7.15. The van der Waals surface area contributed by atoms with Crippen LogP contribution in [0, 0.1) is 10.1 Å². The van der Waals surface area contributed by atoms with Gasteiger partial charge in [-0.2, -0.15) is 5.10 Å². The Kier molecular flexibility index (Phi) is 4.15. The predicted octanol–water partition coefficient (Wildman–Crippen LogP) is 3.67. The summed E-state index contributed by atoms with van der Waals surface area (Å²) in [6, 6.07) is 13.6. The molecular formula is C17H15N3O4. The van der Waals surface area contributed by atoms with E-state index in [0.29, 0.717) is 17.2 Å². The Morgan fingerprint density at radius 3 is 2.42 bits per heavy atom. The van der Waals surface area contributed by atoms with E-state index in [9.17, 15) is 10.1 Å². The number of aromatic nitrogens is 2. The summed E-state index contributed by atoms with van der Waals surface area (Å²) in [5.41, 5.74) is 3.09. The third kappa shape index (κ3) is 2.91. The van der Waals surface area contributed by atoms with E-state index in [1.54, 1.807) is 26.4 Å². The van der Waals surface area contributed by atoms with E-state index in [1.807, 2.05) is 24.3 Å². The average molecular weight is 325 g/mol. The van der Waals surface area contributed by atoms with E-state index in [1.165, 1.54) is 12.1 Å². The van der Waals surface area contributed by atoms with Crippen molar-refractivity contribution >= 4 is 5.69 Å². The van der Waals surface area contributed by atoms with Gasteiger partial charge in [-0.15, -0.1) is 0 Å². The molecule has 3 aromatic rings. The molecule has 0 atom stereocenters. The lowest BCUT2D eigenvalue weighted by Crippen LogP contribution is -1.90. The van der Waals surface area contributed by atoms with Crippen LogP contribution in [0.4, 0.5) is 5.69 Å². The molecule has 7 nitrogen and oxygen atoms in total. The zero-order valence-corrected chi connectivity index (χ0v) is 13.1. The smallest absolute Gasteiger partial charge is 0.269 e. The van der Waals surface area contributed by atoms with Gasteiger partial charge >= 0.3 is 0 Å². The molecule has 0 bridgehead atoms. The molecule has 3 rings (SSSR count). The summed E-state index contributed by atoms with van der Waals surface area (Å²) >= 11 is 0. The van der Waals surface area contributed by atoms with Crippen molar-refractivity contribution in [2.24, 2.45) is 0 Å². The summed E-state index contributed by atoms with van der Waals surface area (Å²) < 4.78 is 10.6. The summed E-state index contributed by atoms with van der Waals surface area (Å²) in [5.74, 6) is 1.40. The molecule has 1 N–H and O–H groups in total. The molecule has 0 fully saturated rings. The lowest BCUT2D eigenvalue weighted by atomic mass is 10.1. The third-order valence-electron chi connectivity index (χ3n) is 3.65. The highest BCUT2D eigenvalue weighted by Gasteiger charge is 2.12. The average Bonchev–Trinajstić information content (AvgIpc) is 3.11. The van der Waals surface area contributed by atoms with Gasteiger partial charge in [0.1, 0.15) is 11.5 Å². The van der Waals surface area contributed by atoms with Crippen molar-refractivity contribution in [2.75, 3.05) is 14.2 Å². The summed E-state index contributed by atoms with van der Waals surface area (Å²) in [4.78, 5) is 10.3. The van der Waals surface area contributed by atoms with Crippen molar-refractivity contribution in [3.63, 3.8) is 0 Å². The quantitative estimate of drug-likeness (QED) is 0.571. The second kappa shape index (κ2) is 6.41. The molecule has 0 aliphatic rings. The molecule has 0 radical (unpaired) electrons. The number of hydrogen-bond acceptors (Lipinski definition) is 5. The summed E-state index contributed by atoms with van der Waals surface area (Å²) in [6.45, 7) is 0. The van der Waals surface area contributed by atoms with E-state index in [0.717, 1.165) is 16.8 Å². The van der Waals surface area contributed by atoms with Crippen LogP contribution in [0.25, 0.3) is 22.5 Å². The third-order valence-corrected chi connectivity index (χ3v) is 3.65. The van der Waals surface area contributed by atoms with Gasteiger partial charge in [0.15, 0.2) is 0 Å². The normalized spacial score (nSPS) is 10.4. The van der Waals surface area contributed by atoms with Crippen molar-refractivity contribution in [1.82, 2.24) is 10.2 Å². The van der Waals surface area contributed by atoms with Crippen LogP contribution in [0.1, 0.15) is 0 Å². The molecule has 122 valence electrons. The Morgan fingerprint density at radius 1 is 1.04 bits per heavy atom. The van der Waals surface area contributed by atoms with Gasteiger partial charge in [0, 0.05) is 23.3 Å². The molecule has 0 unspecified atom stereocenters. The van der Waals surface area contributed by atoms with Crippen LogP contribution >= 0.6 is 0 Å². The van der Waals surface area contributed by atoms with E-state index >= 15 is 0 Å². The number of nitro benzene ring substituents is 1. The van der Waals surface area contributed by atoms with E-state index in [-0.39, 0.29) is 5.69 Å². The Balaban J connectivity index is 1.97. The van der Waals surface area contributed by atoms with Crippen LogP contribution in [0.15, 0.2) is 48.5 Å². The Hall–Kier alpha value is -3.35. The van der Waals surface area contributed by atoms with Crippen LogP contribution < -0.4 is 9.47 Å². The number of ether oxygens (including phenoxy) is 2. The molecule has 7 heteroatoms. The highest BCUT2D eigenvalue weighted by Crippen LogP contribution is 2.34. The SMILES string of the molecule is COc1ccc(OC)c(-c2cc(-c3ccc([N+](=O)[O-])cc3)n[nH]2)c1. The van der Waals surface area contributed by atoms with Crippen LogP contribution in [0.2, 0.25) is 0 Å². The number of nitrogens with one attached hydrogen (secondary N) is 1. The highest BCUT2D eigenvalue weighted by molar-refractivity contribution is 5.73. The lowest BCUT2D eigenvalue weighted by Gasteiger charge is -2.08. The van der Waals surface area contributed by atoms with Gasteiger partial charge < -0.3 is 9.47 Å². The largest absolute Gasteiger partial charge is 0.497 e. The number of H-pyrrole nitrogens is 1. The van der Waals surface area contributed by atoms with Gasteiger partial charge in [0.2, 0.25) is 0 Å². The zero-order chi connectivity index (χ0) is 17.1. The first-order chi connectivity index (χ1) is 11.6. The van der Waals surface area contributed by atoms with Crippen LogP contribution in [0.5, 0.6) is 11.5 Å². The summed E-state index contributed by atoms with van der Waals surface area (Å²) in [5, 5.41) is 18.0. The molecule has 0 aliphatic carbocycles. The Bertz CT molecular complexity index is 872. The second-order valence-corrected chi connectivity index (χ2v) is 5.04. The minimum Gasteiger partial charge on any atom is -0.497 e. The number of benzene rings is 2. The van der Waals surface area contributed by atoms with E-state index < -0.39 is 4.92 Å². The maximum absolute atomic E-state index is 10.7. The molecule has 24 heavy (non-hydrogen) atoms. The standard InChI is InChI=1S/C17H15N3O4/c1-23-13-7-8-17(24-2)14(9-13)16-10-15(18-19-16)11-3-5-12(6-4-11)20(21)22/h3-10H,1-2H3,(H,18,19). The molecule has 0 spiro atoms. The van der Waals surface area contributed by atoms with Crippen LogP contribution in [-0.2, 0) is 0 Å². The van der Waals surface area contributed by atoms with Crippen LogP contribution in [0.3, 0.4) is 0 Å². The topological polar surface area (TPSA) is 90.3 Å². The summed E-state index contributed by atoms with van der Waals surface area (Å²) in [6.07, 6.45) is 0.